The van der Waals surface area contributed by atoms with Crippen LogP contribution in [0.1, 0.15) is 32.0 Å². The number of hydrogen-bond donors (Lipinski definition) is 1. The number of rotatable bonds is 4. The van der Waals surface area contributed by atoms with Gasteiger partial charge in [-0.1, -0.05) is 32.9 Å². The summed E-state index contributed by atoms with van der Waals surface area (Å²) in [7, 11) is -2.34. The lowest BCUT2D eigenvalue weighted by Gasteiger charge is -2.21. The molecule has 23 heavy (non-hydrogen) atoms. The highest BCUT2D eigenvalue weighted by Crippen LogP contribution is 2.31. The number of aromatic nitrogens is 1. The molecule has 1 N–H and O–H groups in total. The zero-order chi connectivity index (χ0) is 17.3. The maximum atomic E-state index is 12.7. The number of methoxy groups -OCH3 is 1. The van der Waals surface area contributed by atoms with E-state index in [1.807, 2.05) is 26.8 Å². The number of sulfonamides is 1. The van der Waals surface area contributed by atoms with E-state index in [1.165, 1.54) is 7.11 Å². The van der Waals surface area contributed by atoms with E-state index in [0.29, 0.717) is 5.75 Å². The summed E-state index contributed by atoms with van der Waals surface area (Å²) >= 11 is 0. The van der Waals surface area contributed by atoms with Crippen molar-refractivity contribution in [2.75, 3.05) is 11.8 Å². The first-order valence-corrected chi connectivity index (χ1v) is 8.77. The lowest BCUT2D eigenvalue weighted by molar-refractivity contribution is 0.402. The molecule has 0 aliphatic heterocycles. The molecule has 5 nitrogen and oxygen atoms in total. The topological polar surface area (TPSA) is 68.3 Å². The summed E-state index contributed by atoms with van der Waals surface area (Å²) < 4.78 is 33.2. The molecule has 2 rings (SSSR count). The monoisotopic (exact) mass is 334 g/mol. The van der Waals surface area contributed by atoms with Crippen molar-refractivity contribution in [1.29, 1.82) is 0 Å². The van der Waals surface area contributed by atoms with Crippen molar-refractivity contribution in [2.24, 2.45) is 0 Å². The maximum Gasteiger partial charge on any atom is 0.266 e. The van der Waals surface area contributed by atoms with Gasteiger partial charge in [-0.15, -0.1) is 0 Å². The Kier molecular flexibility index (Phi) is 4.66. The van der Waals surface area contributed by atoms with E-state index in [0.717, 1.165) is 11.3 Å². The van der Waals surface area contributed by atoms with Gasteiger partial charge in [-0.05, 0) is 42.2 Å². The van der Waals surface area contributed by atoms with Gasteiger partial charge >= 0.3 is 0 Å². The zero-order valence-corrected chi connectivity index (χ0v) is 14.9. The van der Waals surface area contributed by atoms with Crippen molar-refractivity contribution in [3.63, 3.8) is 0 Å². The van der Waals surface area contributed by atoms with Crippen LogP contribution >= 0.6 is 0 Å². The second-order valence-electron chi connectivity index (χ2n) is 6.39. The molecule has 0 aliphatic carbocycles. The third-order valence-corrected chi connectivity index (χ3v) is 4.82. The Bertz CT molecular complexity index is 809. The molecule has 124 valence electrons. The van der Waals surface area contributed by atoms with Gasteiger partial charge in [-0.3, -0.25) is 4.72 Å². The maximum absolute atomic E-state index is 12.7. The minimum Gasteiger partial charge on any atom is -0.495 e. The molecule has 6 heteroatoms. The molecule has 1 aromatic heterocycles. The van der Waals surface area contributed by atoms with Crippen LogP contribution in [0.3, 0.4) is 0 Å². The van der Waals surface area contributed by atoms with Gasteiger partial charge in [0, 0.05) is 5.69 Å². The number of hydrogen-bond acceptors (Lipinski definition) is 4. The number of aryl methyl sites for hydroxylation is 1. The first-order valence-electron chi connectivity index (χ1n) is 7.28. The number of nitrogens with one attached hydrogen (secondary N) is 1. The molecule has 2 aromatic rings. The number of ether oxygens (including phenoxy) is 1. The molecule has 1 heterocycles. The van der Waals surface area contributed by atoms with Crippen LogP contribution < -0.4 is 9.46 Å². The first kappa shape index (κ1) is 17.3. The molecule has 0 fully saturated rings. The molecule has 0 bridgehead atoms. The number of nitrogens with zero attached hydrogens (tertiary/aromatic N) is 1. The molecule has 0 saturated carbocycles. The molecule has 0 unspecified atom stereocenters. The van der Waals surface area contributed by atoms with E-state index in [1.54, 1.807) is 37.3 Å². The van der Waals surface area contributed by atoms with Crippen LogP contribution in [-0.2, 0) is 15.4 Å². The Balaban J connectivity index is 2.49. The largest absolute Gasteiger partial charge is 0.495 e. The van der Waals surface area contributed by atoms with Crippen LogP contribution in [0.4, 0.5) is 5.82 Å². The Labute approximate surface area is 137 Å². The summed E-state index contributed by atoms with van der Waals surface area (Å²) in [6, 6.07) is 10.4. The average Bonchev–Trinajstić information content (AvgIpc) is 2.45. The molecule has 0 spiro atoms. The van der Waals surface area contributed by atoms with Crippen molar-refractivity contribution in [3.05, 3.63) is 47.7 Å². The predicted molar refractivity (Wildman–Crippen MR) is 91.5 cm³/mol. The normalized spacial score (nSPS) is 12.0. The molecule has 0 amide bonds. The van der Waals surface area contributed by atoms with Crippen LogP contribution in [0.25, 0.3) is 0 Å². The Morgan fingerprint density at radius 2 is 1.83 bits per heavy atom. The number of pyridine rings is 1. The third-order valence-electron chi connectivity index (χ3n) is 3.45. The van der Waals surface area contributed by atoms with Crippen molar-refractivity contribution >= 4 is 15.8 Å². The second kappa shape index (κ2) is 6.20. The van der Waals surface area contributed by atoms with Crippen LogP contribution in [-0.4, -0.2) is 20.5 Å². The van der Waals surface area contributed by atoms with Gasteiger partial charge in [0.1, 0.15) is 16.5 Å². The van der Waals surface area contributed by atoms with E-state index < -0.39 is 10.0 Å². The smallest absolute Gasteiger partial charge is 0.266 e. The van der Waals surface area contributed by atoms with Gasteiger partial charge < -0.3 is 4.74 Å². The van der Waals surface area contributed by atoms with Gasteiger partial charge in [0.2, 0.25) is 0 Å². The Hall–Kier alpha value is -2.08. The molecular weight excluding hydrogens is 312 g/mol. The zero-order valence-electron chi connectivity index (χ0n) is 14.0. The highest BCUT2D eigenvalue weighted by atomic mass is 32.2. The van der Waals surface area contributed by atoms with E-state index in [9.17, 15) is 8.42 Å². The summed E-state index contributed by atoms with van der Waals surface area (Å²) in [5.41, 5.74) is 1.48. The molecule has 0 radical (unpaired) electrons. The van der Waals surface area contributed by atoms with E-state index in [2.05, 4.69) is 9.71 Å². The first-order chi connectivity index (χ1) is 10.6. The molecule has 1 aromatic carbocycles. The van der Waals surface area contributed by atoms with Crippen LogP contribution in [0, 0.1) is 6.92 Å². The lowest BCUT2D eigenvalue weighted by atomic mass is 9.87. The quantitative estimate of drug-likeness (QED) is 0.929. The van der Waals surface area contributed by atoms with Gasteiger partial charge in [0.05, 0.1) is 7.11 Å². The van der Waals surface area contributed by atoms with Gasteiger partial charge in [0.25, 0.3) is 10.0 Å². The van der Waals surface area contributed by atoms with Crippen LogP contribution in [0.2, 0.25) is 0 Å². The SMILES string of the molecule is COc1ccc(C(C)(C)C)cc1S(=O)(=O)Nc1cccc(C)n1. The number of benzene rings is 1. The van der Waals surface area contributed by atoms with Crippen LogP contribution in [0.15, 0.2) is 41.3 Å². The highest BCUT2D eigenvalue weighted by molar-refractivity contribution is 7.92. The van der Waals surface area contributed by atoms with Gasteiger partial charge in [0.15, 0.2) is 0 Å². The summed E-state index contributed by atoms with van der Waals surface area (Å²) in [5, 5.41) is 0. The fourth-order valence-electron chi connectivity index (χ4n) is 2.15. The summed E-state index contributed by atoms with van der Waals surface area (Å²) in [6.07, 6.45) is 0. The lowest BCUT2D eigenvalue weighted by Crippen LogP contribution is -2.17. The predicted octanol–water partition coefficient (Wildman–Crippen LogP) is 3.50. The Morgan fingerprint density at radius 3 is 2.39 bits per heavy atom. The minimum atomic E-state index is -3.79. The fraction of sp³-hybridized carbons (Fsp3) is 0.353. The average molecular weight is 334 g/mol. The van der Waals surface area contributed by atoms with E-state index in [-0.39, 0.29) is 16.1 Å². The summed E-state index contributed by atoms with van der Waals surface area (Å²) in [4.78, 5) is 4.29. The fourth-order valence-corrected chi connectivity index (χ4v) is 3.34. The second-order valence-corrected chi connectivity index (χ2v) is 8.04. The van der Waals surface area contributed by atoms with Gasteiger partial charge in [-0.2, -0.15) is 0 Å². The van der Waals surface area contributed by atoms with Crippen LogP contribution in [0.5, 0.6) is 5.75 Å². The molecule has 0 saturated heterocycles. The van der Waals surface area contributed by atoms with E-state index >= 15 is 0 Å². The number of anilines is 1. The summed E-state index contributed by atoms with van der Waals surface area (Å²) in [5.74, 6) is 0.589. The van der Waals surface area contributed by atoms with Crippen molar-refractivity contribution < 1.29 is 13.2 Å². The summed E-state index contributed by atoms with van der Waals surface area (Å²) in [6.45, 7) is 7.89. The molecule has 0 aliphatic rings. The minimum absolute atomic E-state index is 0.107. The third kappa shape index (κ3) is 4.01. The van der Waals surface area contributed by atoms with Crippen molar-refractivity contribution in [3.8, 4) is 5.75 Å². The standard InChI is InChI=1S/C17H22N2O3S/c1-12-7-6-8-16(18-12)19-23(20,21)15-11-13(17(2,3)4)9-10-14(15)22-5/h6-11H,1-5H3,(H,18,19). The van der Waals surface area contributed by atoms with Crippen molar-refractivity contribution in [2.45, 2.75) is 38.0 Å². The van der Waals surface area contributed by atoms with Crippen molar-refractivity contribution in [1.82, 2.24) is 4.98 Å². The van der Waals surface area contributed by atoms with E-state index in [4.69, 9.17) is 4.74 Å². The Morgan fingerprint density at radius 1 is 1.13 bits per heavy atom. The molecular formula is C17H22N2O3S. The van der Waals surface area contributed by atoms with Gasteiger partial charge in [-0.25, -0.2) is 13.4 Å². The highest BCUT2D eigenvalue weighted by Gasteiger charge is 2.24. The molecule has 0 atom stereocenters.